The maximum atomic E-state index is 13.7. The molecule has 1 fully saturated rings. The van der Waals surface area contributed by atoms with Gasteiger partial charge in [0.25, 0.3) is 0 Å². The van der Waals surface area contributed by atoms with Crippen LogP contribution in [0, 0.1) is 5.82 Å². The Bertz CT molecular complexity index is 840. The van der Waals surface area contributed by atoms with Crippen molar-refractivity contribution in [3.8, 4) is 0 Å². The Hall–Kier alpha value is -2.60. The van der Waals surface area contributed by atoms with Crippen LogP contribution in [-0.4, -0.2) is 46.0 Å². The summed E-state index contributed by atoms with van der Waals surface area (Å²) in [5, 5.41) is 1.07. The van der Waals surface area contributed by atoms with E-state index in [0.29, 0.717) is 12.2 Å². The van der Waals surface area contributed by atoms with Crippen molar-refractivity contribution in [3.63, 3.8) is 0 Å². The second-order valence-corrected chi connectivity index (χ2v) is 5.91. The monoisotopic (exact) mass is 323 g/mol. The lowest BCUT2D eigenvalue weighted by Crippen LogP contribution is -2.46. The normalized spacial score (nSPS) is 15.8. The first kappa shape index (κ1) is 15.0. The quantitative estimate of drug-likeness (QED) is 0.741. The highest BCUT2D eigenvalue weighted by Crippen LogP contribution is 2.23. The van der Waals surface area contributed by atoms with E-state index in [0.717, 1.165) is 42.9 Å². The highest BCUT2D eigenvalue weighted by molar-refractivity contribution is 5.89. The van der Waals surface area contributed by atoms with Crippen molar-refractivity contribution < 1.29 is 4.39 Å². The van der Waals surface area contributed by atoms with Crippen LogP contribution in [0.15, 0.2) is 48.9 Å². The second kappa shape index (κ2) is 6.49. The zero-order valence-corrected chi connectivity index (χ0v) is 13.3. The number of fused-ring (bicyclic) bond motifs is 1. The molecule has 0 spiro atoms. The summed E-state index contributed by atoms with van der Waals surface area (Å²) in [5.41, 5.74) is 1.47. The lowest BCUT2D eigenvalue weighted by atomic mass is 10.2. The first-order chi connectivity index (χ1) is 11.8. The summed E-state index contributed by atoms with van der Waals surface area (Å²) in [5.74, 6) is 0.742. The third-order valence-corrected chi connectivity index (χ3v) is 4.40. The van der Waals surface area contributed by atoms with Gasteiger partial charge >= 0.3 is 0 Å². The van der Waals surface area contributed by atoms with Crippen LogP contribution in [0.4, 0.5) is 10.2 Å². The molecule has 0 aliphatic carbocycles. The fraction of sp³-hybridized carbons (Fsp3) is 0.278. The number of aromatic nitrogens is 3. The number of rotatable bonds is 3. The summed E-state index contributed by atoms with van der Waals surface area (Å²) < 4.78 is 13.7. The van der Waals surface area contributed by atoms with E-state index in [1.165, 1.54) is 6.07 Å². The fourth-order valence-electron chi connectivity index (χ4n) is 3.11. The average molecular weight is 323 g/mol. The SMILES string of the molecule is Fc1cccnc1CN1CCN(c2ncnc3ccccc23)CC1. The summed E-state index contributed by atoms with van der Waals surface area (Å²) in [6.07, 6.45) is 3.26. The second-order valence-electron chi connectivity index (χ2n) is 5.91. The van der Waals surface area contributed by atoms with E-state index in [1.54, 1.807) is 18.6 Å². The van der Waals surface area contributed by atoms with Gasteiger partial charge in [-0.25, -0.2) is 14.4 Å². The number of nitrogens with zero attached hydrogens (tertiary/aromatic N) is 5. The molecule has 1 saturated heterocycles. The van der Waals surface area contributed by atoms with E-state index in [1.807, 2.05) is 18.2 Å². The number of hydrogen-bond donors (Lipinski definition) is 0. The predicted octanol–water partition coefficient (Wildman–Crippen LogP) is 2.49. The van der Waals surface area contributed by atoms with E-state index < -0.39 is 0 Å². The molecule has 0 radical (unpaired) electrons. The molecule has 0 saturated carbocycles. The number of hydrogen-bond acceptors (Lipinski definition) is 5. The van der Waals surface area contributed by atoms with Crippen molar-refractivity contribution in [2.75, 3.05) is 31.1 Å². The Balaban J connectivity index is 1.47. The van der Waals surface area contributed by atoms with Gasteiger partial charge in [-0.15, -0.1) is 0 Å². The van der Waals surface area contributed by atoms with Crippen LogP contribution < -0.4 is 4.90 Å². The molecule has 4 rings (SSSR count). The van der Waals surface area contributed by atoms with Crippen LogP contribution >= 0.6 is 0 Å². The molecule has 1 aromatic carbocycles. The lowest BCUT2D eigenvalue weighted by molar-refractivity contribution is 0.243. The molecule has 1 aliphatic heterocycles. The van der Waals surface area contributed by atoms with Crippen LogP contribution in [0.25, 0.3) is 10.9 Å². The predicted molar refractivity (Wildman–Crippen MR) is 91.2 cm³/mol. The van der Waals surface area contributed by atoms with Gasteiger partial charge in [0.15, 0.2) is 0 Å². The smallest absolute Gasteiger partial charge is 0.146 e. The number of para-hydroxylation sites is 1. The molecule has 122 valence electrons. The Morgan fingerprint density at radius 2 is 1.75 bits per heavy atom. The summed E-state index contributed by atoms with van der Waals surface area (Å²) >= 11 is 0. The highest BCUT2D eigenvalue weighted by Gasteiger charge is 2.20. The highest BCUT2D eigenvalue weighted by atomic mass is 19.1. The van der Waals surface area contributed by atoms with Crippen LogP contribution in [0.5, 0.6) is 0 Å². The van der Waals surface area contributed by atoms with E-state index in [-0.39, 0.29) is 5.82 Å². The molecule has 0 unspecified atom stereocenters. The van der Waals surface area contributed by atoms with Crippen LogP contribution in [0.2, 0.25) is 0 Å². The third-order valence-electron chi connectivity index (χ3n) is 4.40. The molecule has 0 N–H and O–H groups in total. The molecule has 0 atom stereocenters. The molecule has 0 bridgehead atoms. The van der Waals surface area contributed by atoms with Crippen molar-refractivity contribution in [2.45, 2.75) is 6.54 Å². The third kappa shape index (κ3) is 2.92. The van der Waals surface area contributed by atoms with Crippen molar-refractivity contribution in [1.82, 2.24) is 19.9 Å². The molecule has 5 nitrogen and oxygen atoms in total. The molecule has 0 amide bonds. The maximum Gasteiger partial charge on any atom is 0.146 e. The van der Waals surface area contributed by atoms with E-state index >= 15 is 0 Å². The topological polar surface area (TPSA) is 45.2 Å². The van der Waals surface area contributed by atoms with Gasteiger partial charge in [-0.05, 0) is 24.3 Å². The molecule has 24 heavy (non-hydrogen) atoms. The zero-order chi connectivity index (χ0) is 16.4. The molecule has 2 aromatic heterocycles. The van der Waals surface area contributed by atoms with E-state index in [4.69, 9.17) is 0 Å². The Morgan fingerprint density at radius 3 is 2.58 bits per heavy atom. The number of anilines is 1. The fourth-order valence-corrected chi connectivity index (χ4v) is 3.11. The van der Waals surface area contributed by atoms with Crippen LogP contribution in [-0.2, 0) is 6.54 Å². The molecular formula is C18H18FN5. The number of halogens is 1. The van der Waals surface area contributed by atoms with Gasteiger partial charge in [0.05, 0.1) is 11.2 Å². The minimum Gasteiger partial charge on any atom is -0.353 e. The molecule has 1 aliphatic rings. The average Bonchev–Trinajstić information content (AvgIpc) is 2.64. The molecule has 6 heteroatoms. The Labute approximate surface area is 139 Å². The Kier molecular flexibility index (Phi) is 4.04. The van der Waals surface area contributed by atoms with E-state index in [2.05, 4.69) is 30.8 Å². The van der Waals surface area contributed by atoms with Crippen molar-refractivity contribution >= 4 is 16.7 Å². The van der Waals surface area contributed by atoms with Crippen LogP contribution in [0.3, 0.4) is 0 Å². The van der Waals surface area contributed by atoms with Gasteiger partial charge in [0.1, 0.15) is 18.0 Å². The number of pyridine rings is 1. The van der Waals surface area contributed by atoms with Crippen LogP contribution in [0.1, 0.15) is 5.69 Å². The number of benzene rings is 1. The summed E-state index contributed by atoms with van der Waals surface area (Å²) in [7, 11) is 0. The minimum absolute atomic E-state index is 0.235. The van der Waals surface area contributed by atoms with Gasteiger partial charge in [-0.2, -0.15) is 0 Å². The first-order valence-electron chi connectivity index (χ1n) is 8.08. The lowest BCUT2D eigenvalue weighted by Gasteiger charge is -2.35. The largest absolute Gasteiger partial charge is 0.353 e. The Morgan fingerprint density at radius 1 is 0.917 bits per heavy atom. The van der Waals surface area contributed by atoms with Crippen molar-refractivity contribution in [3.05, 3.63) is 60.4 Å². The minimum atomic E-state index is -0.235. The van der Waals surface area contributed by atoms with Crippen molar-refractivity contribution in [1.29, 1.82) is 0 Å². The molecule has 3 aromatic rings. The number of piperazine rings is 1. The van der Waals surface area contributed by atoms with Gasteiger partial charge < -0.3 is 4.90 Å². The summed E-state index contributed by atoms with van der Waals surface area (Å²) in [6, 6.07) is 11.1. The standard InChI is InChI=1S/C18H18FN5/c19-15-5-3-7-20-17(15)12-23-8-10-24(11-9-23)18-14-4-1-2-6-16(14)21-13-22-18/h1-7,13H,8-12H2. The summed E-state index contributed by atoms with van der Waals surface area (Å²) in [6.45, 7) is 3.97. The molecular weight excluding hydrogens is 305 g/mol. The van der Waals surface area contributed by atoms with Gasteiger partial charge in [0.2, 0.25) is 0 Å². The van der Waals surface area contributed by atoms with E-state index in [9.17, 15) is 4.39 Å². The first-order valence-corrected chi connectivity index (χ1v) is 8.08. The van der Waals surface area contributed by atoms with Crippen molar-refractivity contribution in [2.24, 2.45) is 0 Å². The zero-order valence-electron chi connectivity index (χ0n) is 13.3. The summed E-state index contributed by atoms with van der Waals surface area (Å²) in [4.78, 5) is 17.4. The maximum absolute atomic E-state index is 13.7. The van der Waals surface area contributed by atoms with Gasteiger partial charge in [-0.3, -0.25) is 9.88 Å². The van der Waals surface area contributed by atoms with Gasteiger partial charge in [-0.1, -0.05) is 12.1 Å². The molecule has 3 heterocycles. The van der Waals surface area contributed by atoms with Gasteiger partial charge in [0, 0.05) is 44.3 Å².